The van der Waals surface area contributed by atoms with Gasteiger partial charge in [-0.15, -0.1) is 0 Å². The topological polar surface area (TPSA) is 64.4 Å². The van der Waals surface area contributed by atoms with E-state index in [0.717, 1.165) is 15.5 Å². The van der Waals surface area contributed by atoms with Crippen LogP contribution < -0.4 is 15.2 Å². The zero-order valence-corrected chi connectivity index (χ0v) is 15.6. The van der Waals surface area contributed by atoms with Crippen LogP contribution in [0.5, 0.6) is 5.75 Å². The summed E-state index contributed by atoms with van der Waals surface area (Å²) in [5.41, 5.74) is 0.0900. The summed E-state index contributed by atoms with van der Waals surface area (Å²) in [6, 6.07) is 8.73. The first-order chi connectivity index (χ1) is 13.7. The van der Waals surface area contributed by atoms with Crippen molar-refractivity contribution in [3.63, 3.8) is 0 Å². The van der Waals surface area contributed by atoms with Crippen LogP contribution in [0.25, 0.3) is 10.9 Å². The maximum absolute atomic E-state index is 14.3. The van der Waals surface area contributed by atoms with E-state index in [1.807, 2.05) is 0 Å². The van der Waals surface area contributed by atoms with Crippen LogP contribution in [0.3, 0.4) is 0 Å². The Morgan fingerprint density at radius 3 is 2.59 bits per heavy atom. The Labute approximate surface area is 163 Å². The number of rotatable bonds is 3. The first-order valence-corrected chi connectivity index (χ1v) is 8.89. The lowest BCUT2D eigenvalue weighted by Crippen LogP contribution is -2.51. The predicted octanol–water partition coefficient (Wildman–Crippen LogP) is 3.15. The van der Waals surface area contributed by atoms with Crippen molar-refractivity contribution in [1.29, 1.82) is 0 Å². The van der Waals surface area contributed by atoms with Crippen LogP contribution in [-0.2, 0) is 24.8 Å². The molecule has 29 heavy (non-hydrogen) atoms. The van der Waals surface area contributed by atoms with E-state index in [-0.39, 0.29) is 28.2 Å². The molecule has 0 aliphatic carbocycles. The summed E-state index contributed by atoms with van der Waals surface area (Å²) in [6.07, 6.45) is -3.63. The third kappa shape index (κ3) is 2.93. The quantitative estimate of drug-likeness (QED) is 0.674. The van der Waals surface area contributed by atoms with E-state index in [1.54, 1.807) is 19.1 Å². The summed E-state index contributed by atoms with van der Waals surface area (Å²) in [5, 5.41) is -0.203. The van der Waals surface area contributed by atoms with Crippen molar-refractivity contribution in [2.24, 2.45) is 7.05 Å². The average Bonchev–Trinajstić information content (AvgIpc) is 2.68. The van der Waals surface area contributed by atoms with Gasteiger partial charge in [-0.3, -0.25) is 19.1 Å². The number of carbonyl (C=O) groups excluding carboxylic acids is 1. The maximum Gasteiger partial charge on any atom is 0.483 e. The highest BCUT2D eigenvalue weighted by Gasteiger charge is 2.51. The number of hydrogen-bond acceptors (Lipinski definition) is 4. The monoisotopic (exact) mass is 403 g/mol. The SMILES string of the molecule is CCc1cccc2c1OC(F)(F)C(=O)N2Cc1nc2cccc(F)c2c(=O)n1C. The second-order valence-corrected chi connectivity index (χ2v) is 6.66. The molecule has 0 N–H and O–H groups in total. The number of anilines is 1. The van der Waals surface area contributed by atoms with Gasteiger partial charge in [0, 0.05) is 7.05 Å². The highest BCUT2D eigenvalue weighted by atomic mass is 19.3. The van der Waals surface area contributed by atoms with Crippen LogP contribution in [0.2, 0.25) is 0 Å². The molecule has 1 aromatic heterocycles. The maximum atomic E-state index is 14.3. The summed E-state index contributed by atoms with van der Waals surface area (Å²) >= 11 is 0. The molecule has 0 fully saturated rings. The Balaban J connectivity index is 1.87. The van der Waals surface area contributed by atoms with Crippen LogP contribution in [0.15, 0.2) is 41.2 Å². The standard InChI is InChI=1S/C20H16F3N3O3/c1-3-11-6-4-9-14-17(11)29-20(22,23)19(28)26(14)10-15-24-13-8-5-7-12(21)16(13)18(27)25(15)2/h4-9H,3,10H2,1-2H3. The summed E-state index contributed by atoms with van der Waals surface area (Å²) in [5.74, 6) is -2.34. The molecule has 9 heteroatoms. The molecule has 6 nitrogen and oxygen atoms in total. The van der Waals surface area contributed by atoms with Crippen molar-refractivity contribution < 1.29 is 22.7 Å². The Bertz CT molecular complexity index is 1210. The lowest BCUT2D eigenvalue weighted by atomic mass is 10.1. The Kier molecular flexibility index (Phi) is 4.33. The van der Waals surface area contributed by atoms with Crippen molar-refractivity contribution in [3.8, 4) is 5.75 Å². The minimum atomic E-state index is -4.06. The molecule has 2 heterocycles. The number of ether oxygens (including phenoxy) is 1. The number of nitrogens with zero attached hydrogens (tertiary/aromatic N) is 3. The second kappa shape index (κ2) is 6.61. The molecular weight excluding hydrogens is 387 g/mol. The lowest BCUT2D eigenvalue weighted by molar-refractivity contribution is -0.193. The van der Waals surface area contributed by atoms with Gasteiger partial charge in [0.25, 0.3) is 5.56 Å². The highest BCUT2D eigenvalue weighted by Crippen LogP contribution is 2.42. The molecule has 0 radical (unpaired) electrons. The fourth-order valence-corrected chi connectivity index (χ4v) is 3.37. The summed E-state index contributed by atoms with van der Waals surface area (Å²) in [6.45, 7) is 1.37. The summed E-state index contributed by atoms with van der Waals surface area (Å²) < 4.78 is 48.3. The second-order valence-electron chi connectivity index (χ2n) is 6.66. The molecule has 150 valence electrons. The number of amides is 1. The number of carbonyl (C=O) groups is 1. The first kappa shape index (κ1) is 19.0. The summed E-state index contributed by atoms with van der Waals surface area (Å²) in [4.78, 5) is 30.0. The molecule has 0 atom stereocenters. The molecule has 0 bridgehead atoms. The van der Waals surface area contributed by atoms with E-state index in [0.29, 0.717) is 12.0 Å². The summed E-state index contributed by atoms with van der Waals surface area (Å²) in [7, 11) is 1.35. The Morgan fingerprint density at radius 1 is 1.14 bits per heavy atom. The fraction of sp³-hybridized carbons (Fsp3) is 0.250. The number of aryl methyl sites for hydroxylation is 1. The van der Waals surface area contributed by atoms with E-state index in [9.17, 15) is 22.8 Å². The number of fused-ring (bicyclic) bond motifs is 2. The molecule has 0 unspecified atom stereocenters. The normalized spacial score (nSPS) is 15.3. The third-order valence-electron chi connectivity index (χ3n) is 4.92. The molecule has 4 rings (SSSR count). The molecule has 0 saturated carbocycles. The average molecular weight is 403 g/mol. The minimum absolute atomic E-state index is 0.0343. The van der Waals surface area contributed by atoms with Crippen LogP contribution in [0.4, 0.5) is 18.9 Å². The number of hydrogen-bond donors (Lipinski definition) is 0. The predicted molar refractivity (Wildman–Crippen MR) is 99.5 cm³/mol. The molecular formula is C20H16F3N3O3. The van der Waals surface area contributed by atoms with Gasteiger partial charge in [0.15, 0.2) is 5.75 Å². The fourth-order valence-electron chi connectivity index (χ4n) is 3.37. The van der Waals surface area contributed by atoms with Gasteiger partial charge in [-0.25, -0.2) is 9.37 Å². The molecule has 0 saturated heterocycles. The van der Waals surface area contributed by atoms with E-state index in [4.69, 9.17) is 4.74 Å². The van der Waals surface area contributed by atoms with Crippen molar-refractivity contribution in [3.05, 3.63) is 64.0 Å². The third-order valence-corrected chi connectivity index (χ3v) is 4.92. The van der Waals surface area contributed by atoms with Crippen LogP contribution in [0.1, 0.15) is 18.3 Å². The Morgan fingerprint density at radius 2 is 1.86 bits per heavy atom. The first-order valence-electron chi connectivity index (χ1n) is 8.89. The van der Waals surface area contributed by atoms with Gasteiger partial charge < -0.3 is 4.74 Å². The van der Waals surface area contributed by atoms with Crippen molar-refractivity contribution >= 4 is 22.5 Å². The molecule has 1 aliphatic rings. The number of halogens is 3. The largest absolute Gasteiger partial charge is 0.483 e. The van der Waals surface area contributed by atoms with Gasteiger partial charge in [0.05, 0.1) is 17.7 Å². The Hall–Kier alpha value is -3.36. The molecule has 0 spiro atoms. The minimum Gasteiger partial charge on any atom is -0.423 e. The van der Waals surface area contributed by atoms with E-state index in [1.165, 1.54) is 25.2 Å². The van der Waals surface area contributed by atoms with Gasteiger partial charge in [-0.05, 0) is 30.2 Å². The van der Waals surface area contributed by atoms with Crippen LogP contribution in [0, 0.1) is 5.82 Å². The van der Waals surface area contributed by atoms with E-state index >= 15 is 0 Å². The van der Waals surface area contributed by atoms with Gasteiger partial charge in [-0.2, -0.15) is 8.78 Å². The van der Waals surface area contributed by atoms with Crippen molar-refractivity contribution in [1.82, 2.24) is 9.55 Å². The van der Waals surface area contributed by atoms with Crippen LogP contribution in [-0.4, -0.2) is 21.6 Å². The number of alkyl halides is 2. The van der Waals surface area contributed by atoms with Crippen molar-refractivity contribution in [2.75, 3.05) is 4.90 Å². The molecule has 3 aromatic rings. The number of aromatic nitrogens is 2. The van der Waals surface area contributed by atoms with Crippen LogP contribution >= 0.6 is 0 Å². The molecule has 1 aliphatic heterocycles. The zero-order chi connectivity index (χ0) is 20.9. The van der Waals surface area contributed by atoms with Crippen molar-refractivity contribution in [2.45, 2.75) is 26.0 Å². The molecule has 2 aromatic carbocycles. The number of benzene rings is 2. The molecule has 1 amide bonds. The number of para-hydroxylation sites is 1. The van der Waals surface area contributed by atoms with E-state index in [2.05, 4.69) is 4.98 Å². The van der Waals surface area contributed by atoms with Gasteiger partial charge in [0.1, 0.15) is 17.0 Å². The van der Waals surface area contributed by atoms with E-state index < -0.39 is 29.9 Å². The van der Waals surface area contributed by atoms with Gasteiger partial charge in [0.2, 0.25) is 0 Å². The van der Waals surface area contributed by atoms with Gasteiger partial charge >= 0.3 is 12.0 Å². The smallest absolute Gasteiger partial charge is 0.423 e. The lowest BCUT2D eigenvalue weighted by Gasteiger charge is -2.34. The zero-order valence-electron chi connectivity index (χ0n) is 15.6. The highest BCUT2D eigenvalue weighted by molar-refractivity contribution is 6.01. The van der Waals surface area contributed by atoms with Gasteiger partial charge in [-0.1, -0.05) is 25.1 Å².